The van der Waals surface area contributed by atoms with E-state index in [1.807, 2.05) is 37.3 Å². The number of nitrogens with zero attached hydrogens (tertiary/aromatic N) is 2. The maximum atomic E-state index is 13.1. The van der Waals surface area contributed by atoms with Gasteiger partial charge in [0.05, 0.1) is 43.3 Å². The quantitative estimate of drug-likeness (QED) is 0.772. The Morgan fingerprint density at radius 1 is 1.10 bits per heavy atom. The van der Waals surface area contributed by atoms with Crippen LogP contribution in [0.4, 0.5) is 5.69 Å². The second kappa shape index (κ2) is 8.29. The first-order valence-electron chi connectivity index (χ1n) is 10.5. The number of ether oxygens (including phenoxy) is 1. The molecule has 0 saturated carbocycles. The molecule has 6 nitrogen and oxygen atoms in total. The topological polar surface area (TPSA) is 74.8 Å². The number of benzene rings is 2. The Morgan fingerprint density at radius 3 is 2.37 bits per heavy atom. The Hall–Kier alpha value is -3.17. The van der Waals surface area contributed by atoms with E-state index >= 15 is 0 Å². The van der Waals surface area contributed by atoms with Crippen LogP contribution in [-0.4, -0.2) is 37.6 Å². The molecule has 2 aliphatic rings. The van der Waals surface area contributed by atoms with Crippen LogP contribution >= 0.6 is 0 Å². The molecular weight excluding hydrogens is 378 g/mol. The lowest BCUT2D eigenvalue weighted by Gasteiger charge is -2.37. The standard InChI is InChI=1S/C24H25N3O3/c1-2-30-20-10-8-19(9-11-20)27-22(28)16-21(23(27)29)26-14-12-24(17-25,13-15-26)18-6-4-3-5-7-18/h3-11,21H,2,12-16H2,1H3/p+1/t21-/m1/s1. The first-order valence-corrected chi connectivity index (χ1v) is 10.5. The van der Waals surface area contributed by atoms with E-state index in [9.17, 15) is 14.9 Å². The number of anilines is 1. The van der Waals surface area contributed by atoms with Crippen LogP contribution in [-0.2, 0) is 15.0 Å². The maximum Gasteiger partial charge on any atom is 0.292 e. The van der Waals surface area contributed by atoms with E-state index in [1.165, 1.54) is 4.90 Å². The number of quaternary nitrogens is 1. The molecule has 0 unspecified atom stereocenters. The summed E-state index contributed by atoms with van der Waals surface area (Å²) in [5.74, 6) is 0.400. The zero-order valence-corrected chi connectivity index (χ0v) is 17.1. The van der Waals surface area contributed by atoms with Crippen molar-refractivity contribution in [2.24, 2.45) is 0 Å². The zero-order valence-electron chi connectivity index (χ0n) is 17.1. The fraction of sp³-hybridized carbons (Fsp3) is 0.375. The van der Waals surface area contributed by atoms with Crippen LogP contribution in [0.2, 0.25) is 0 Å². The molecule has 2 amide bonds. The van der Waals surface area contributed by atoms with Crippen molar-refractivity contribution >= 4 is 17.5 Å². The Kier molecular flexibility index (Phi) is 5.56. The van der Waals surface area contributed by atoms with Crippen molar-refractivity contribution < 1.29 is 19.2 Å². The Labute approximate surface area is 176 Å². The number of hydrogen-bond acceptors (Lipinski definition) is 4. The van der Waals surface area contributed by atoms with Crippen molar-refractivity contribution in [3.8, 4) is 11.8 Å². The van der Waals surface area contributed by atoms with Gasteiger partial charge in [-0.1, -0.05) is 30.3 Å². The van der Waals surface area contributed by atoms with E-state index in [4.69, 9.17) is 4.74 Å². The molecule has 0 spiro atoms. The third-order valence-electron chi connectivity index (χ3n) is 6.33. The highest BCUT2D eigenvalue weighted by atomic mass is 16.5. The molecule has 2 aromatic carbocycles. The molecule has 6 heteroatoms. The molecule has 2 aromatic rings. The minimum absolute atomic E-state index is 0.150. The van der Waals surface area contributed by atoms with Crippen molar-refractivity contribution in [3.63, 3.8) is 0 Å². The van der Waals surface area contributed by atoms with Gasteiger partial charge in [0, 0.05) is 12.8 Å². The van der Waals surface area contributed by atoms with Crippen molar-refractivity contribution in [3.05, 3.63) is 60.2 Å². The van der Waals surface area contributed by atoms with Gasteiger partial charge in [0.1, 0.15) is 5.75 Å². The number of amides is 2. The molecule has 4 rings (SSSR count). The van der Waals surface area contributed by atoms with Crippen LogP contribution in [0.25, 0.3) is 0 Å². The Bertz CT molecular complexity index is 957. The number of hydrogen-bond donors (Lipinski definition) is 1. The predicted octanol–water partition coefficient (Wildman–Crippen LogP) is 1.86. The van der Waals surface area contributed by atoms with Gasteiger partial charge in [0.25, 0.3) is 5.91 Å². The summed E-state index contributed by atoms with van der Waals surface area (Å²) in [6.45, 7) is 3.87. The number of rotatable bonds is 5. The highest BCUT2D eigenvalue weighted by molar-refractivity contribution is 6.21. The van der Waals surface area contributed by atoms with Crippen LogP contribution in [0, 0.1) is 11.3 Å². The van der Waals surface area contributed by atoms with Crippen LogP contribution < -0.4 is 14.5 Å². The number of carbonyl (C=O) groups is 2. The summed E-state index contributed by atoms with van der Waals surface area (Å²) in [6, 6.07) is 19.1. The van der Waals surface area contributed by atoms with Gasteiger partial charge in [-0.25, -0.2) is 4.90 Å². The van der Waals surface area contributed by atoms with Crippen LogP contribution in [0.15, 0.2) is 54.6 Å². The van der Waals surface area contributed by atoms with Gasteiger partial charge >= 0.3 is 0 Å². The summed E-state index contributed by atoms with van der Waals surface area (Å²) in [5, 5.41) is 9.89. The molecule has 2 saturated heterocycles. The summed E-state index contributed by atoms with van der Waals surface area (Å²) in [7, 11) is 0. The highest BCUT2D eigenvalue weighted by Crippen LogP contribution is 2.32. The van der Waals surface area contributed by atoms with Crippen molar-refractivity contribution in [1.82, 2.24) is 0 Å². The lowest BCUT2D eigenvalue weighted by molar-refractivity contribution is -0.920. The summed E-state index contributed by atoms with van der Waals surface area (Å²) in [4.78, 5) is 28.2. The molecule has 2 aliphatic heterocycles. The molecule has 2 fully saturated rings. The van der Waals surface area contributed by atoms with E-state index in [0.717, 1.165) is 10.5 Å². The van der Waals surface area contributed by atoms with E-state index in [-0.39, 0.29) is 24.3 Å². The molecule has 0 aliphatic carbocycles. The number of piperidine rings is 1. The SMILES string of the molecule is CCOc1ccc(N2C(=O)C[C@@H]([NH+]3CCC(C#N)(c4ccccc4)CC3)C2=O)cc1. The van der Waals surface area contributed by atoms with Gasteiger partial charge in [0.15, 0.2) is 6.04 Å². The lowest BCUT2D eigenvalue weighted by Crippen LogP contribution is -3.18. The lowest BCUT2D eigenvalue weighted by atomic mass is 9.74. The third-order valence-corrected chi connectivity index (χ3v) is 6.33. The number of likely N-dealkylation sites (tertiary alicyclic amines) is 1. The summed E-state index contributed by atoms with van der Waals surface area (Å²) in [6.07, 6.45) is 1.58. The number of imide groups is 1. The van der Waals surface area contributed by atoms with E-state index < -0.39 is 5.41 Å². The molecule has 2 heterocycles. The van der Waals surface area contributed by atoms with E-state index in [2.05, 4.69) is 6.07 Å². The average Bonchev–Trinajstić information content (AvgIpc) is 3.09. The minimum atomic E-state index is -0.509. The molecule has 30 heavy (non-hydrogen) atoms. The van der Waals surface area contributed by atoms with Gasteiger partial charge in [-0.05, 0) is 36.8 Å². The molecule has 1 N–H and O–H groups in total. The smallest absolute Gasteiger partial charge is 0.292 e. The largest absolute Gasteiger partial charge is 0.494 e. The number of carbonyl (C=O) groups excluding carboxylic acids is 2. The Morgan fingerprint density at radius 2 is 1.77 bits per heavy atom. The van der Waals surface area contributed by atoms with Gasteiger partial charge in [-0.3, -0.25) is 9.59 Å². The van der Waals surface area contributed by atoms with Gasteiger partial charge in [-0.15, -0.1) is 0 Å². The highest BCUT2D eigenvalue weighted by Gasteiger charge is 2.49. The normalized spacial score (nSPS) is 26.5. The molecule has 1 atom stereocenters. The van der Waals surface area contributed by atoms with Crippen LogP contribution in [0.5, 0.6) is 5.75 Å². The molecule has 0 radical (unpaired) electrons. The number of nitrogens with one attached hydrogen (secondary N) is 1. The van der Waals surface area contributed by atoms with Crippen LogP contribution in [0.3, 0.4) is 0 Å². The monoisotopic (exact) mass is 404 g/mol. The van der Waals surface area contributed by atoms with Gasteiger partial charge < -0.3 is 9.64 Å². The molecular formula is C24H26N3O3+. The first-order chi connectivity index (χ1) is 14.6. The van der Waals surface area contributed by atoms with Crippen molar-refractivity contribution in [1.29, 1.82) is 5.26 Å². The third kappa shape index (κ3) is 3.57. The summed E-state index contributed by atoms with van der Waals surface area (Å²) < 4.78 is 5.44. The second-order valence-electron chi connectivity index (χ2n) is 7.97. The van der Waals surface area contributed by atoms with Crippen molar-refractivity contribution in [2.75, 3.05) is 24.6 Å². The second-order valence-corrected chi connectivity index (χ2v) is 7.97. The van der Waals surface area contributed by atoms with Crippen molar-refractivity contribution in [2.45, 2.75) is 37.6 Å². The van der Waals surface area contributed by atoms with Gasteiger partial charge in [0.2, 0.25) is 5.91 Å². The molecule has 0 bridgehead atoms. The van der Waals surface area contributed by atoms with E-state index in [0.29, 0.717) is 44.0 Å². The van der Waals surface area contributed by atoms with Crippen LogP contribution in [0.1, 0.15) is 31.7 Å². The first kappa shape index (κ1) is 20.1. The summed E-state index contributed by atoms with van der Waals surface area (Å²) in [5.41, 5.74) is 1.12. The maximum absolute atomic E-state index is 13.1. The number of nitriles is 1. The van der Waals surface area contributed by atoms with E-state index in [1.54, 1.807) is 24.3 Å². The molecule has 154 valence electrons. The fourth-order valence-electron chi connectivity index (χ4n) is 4.65. The van der Waals surface area contributed by atoms with Gasteiger partial charge in [-0.2, -0.15) is 5.26 Å². The minimum Gasteiger partial charge on any atom is -0.494 e. The Balaban J connectivity index is 1.47. The fourth-order valence-corrected chi connectivity index (χ4v) is 4.65. The zero-order chi connectivity index (χ0) is 21.1. The summed E-state index contributed by atoms with van der Waals surface area (Å²) >= 11 is 0. The molecule has 0 aromatic heterocycles. The predicted molar refractivity (Wildman–Crippen MR) is 112 cm³/mol. The average molecular weight is 404 g/mol.